The van der Waals surface area contributed by atoms with Gasteiger partial charge in [0.1, 0.15) is 0 Å². The molecule has 0 aliphatic carbocycles. The molecule has 0 unspecified atom stereocenters. The summed E-state index contributed by atoms with van der Waals surface area (Å²) in [7, 11) is 1.78. The van der Waals surface area contributed by atoms with Crippen LogP contribution in [0.15, 0.2) is 36.9 Å². The Bertz CT molecular complexity index is 773. The van der Waals surface area contributed by atoms with Crippen molar-refractivity contribution in [2.75, 3.05) is 44.7 Å². The molecule has 1 saturated heterocycles. The average molecular weight is 368 g/mol. The van der Waals surface area contributed by atoms with Crippen LogP contribution in [0.2, 0.25) is 0 Å². The third-order valence-electron chi connectivity index (χ3n) is 4.72. The van der Waals surface area contributed by atoms with E-state index in [1.807, 2.05) is 21.9 Å². The highest BCUT2D eigenvalue weighted by Crippen LogP contribution is 2.12. The molecule has 0 aromatic carbocycles. The van der Waals surface area contributed by atoms with E-state index in [2.05, 4.69) is 15.0 Å². The molecule has 3 rings (SSSR count). The number of piperazine rings is 1. The molecule has 1 fully saturated rings. The second-order valence-corrected chi connectivity index (χ2v) is 6.60. The molecule has 2 aromatic heterocycles. The number of carbonyl (C=O) groups is 2. The lowest BCUT2D eigenvalue weighted by molar-refractivity contribution is -0.129. The van der Waals surface area contributed by atoms with Crippen LogP contribution >= 0.6 is 0 Å². The molecule has 8 nitrogen and oxygen atoms in total. The fourth-order valence-electron chi connectivity index (χ4n) is 2.98. The first-order chi connectivity index (χ1) is 13.0. The van der Waals surface area contributed by atoms with Crippen molar-refractivity contribution in [3.8, 4) is 0 Å². The molecule has 1 aliphatic heterocycles. The number of likely N-dealkylation sites (N-methyl/N-ethyl adjacent to an activating group) is 1. The van der Waals surface area contributed by atoms with E-state index in [9.17, 15) is 9.59 Å². The van der Waals surface area contributed by atoms with Gasteiger partial charge in [-0.25, -0.2) is 9.97 Å². The third kappa shape index (κ3) is 4.78. The number of nitrogens with zero attached hydrogens (tertiary/aromatic N) is 6. The summed E-state index contributed by atoms with van der Waals surface area (Å²) in [5.74, 6) is 0.581. The van der Waals surface area contributed by atoms with Crippen molar-refractivity contribution in [2.45, 2.75) is 13.3 Å². The van der Waals surface area contributed by atoms with Gasteiger partial charge in [0.05, 0.1) is 5.56 Å². The Balaban J connectivity index is 1.55. The summed E-state index contributed by atoms with van der Waals surface area (Å²) in [5, 5.41) is 0. The van der Waals surface area contributed by atoms with Gasteiger partial charge in [0, 0.05) is 71.5 Å². The van der Waals surface area contributed by atoms with Crippen molar-refractivity contribution >= 4 is 17.8 Å². The van der Waals surface area contributed by atoms with Crippen molar-refractivity contribution in [1.82, 2.24) is 24.8 Å². The molecule has 3 heterocycles. The molecule has 8 heteroatoms. The molecule has 0 bridgehead atoms. The average Bonchev–Trinajstić information content (AvgIpc) is 2.72. The lowest BCUT2D eigenvalue weighted by Gasteiger charge is -2.34. The van der Waals surface area contributed by atoms with Crippen LogP contribution < -0.4 is 4.90 Å². The number of aromatic nitrogens is 3. The third-order valence-corrected chi connectivity index (χ3v) is 4.72. The van der Waals surface area contributed by atoms with Crippen molar-refractivity contribution in [3.05, 3.63) is 48.0 Å². The molecule has 142 valence electrons. The molecule has 0 spiro atoms. The normalized spacial score (nSPS) is 14.1. The monoisotopic (exact) mass is 368 g/mol. The smallest absolute Gasteiger partial charge is 0.256 e. The van der Waals surface area contributed by atoms with E-state index < -0.39 is 0 Å². The summed E-state index contributed by atoms with van der Waals surface area (Å²) < 4.78 is 0. The highest BCUT2D eigenvalue weighted by Gasteiger charge is 2.21. The van der Waals surface area contributed by atoms with Gasteiger partial charge in [0.15, 0.2) is 0 Å². The van der Waals surface area contributed by atoms with Crippen LogP contribution in [0.4, 0.5) is 5.95 Å². The maximum Gasteiger partial charge on any atom is 0.256 e. The molecular weight excluding hydrogens is 344 g/mol. The van der Waals surface area contributed by atoms with E-state index in [0.29, 0.717) is 44.2 Å². The topological polar surface area (TPSA) is 82.5 Å². The zero-order valence-electron chi connectivity index (χ0n) is 15.7. The van der Waals surface area contributed by atoms with Gasteiger partial charge >= 0.3 is 0 Å². The molecule has 0 saturated carbocycles. The van der Waals surface area contributed by atoms with Crippen molar-refractivity contribution < 1.29 is 9.59 Å². The van der Waals surface area contributed by atoms with E-state index in [-0.39, 0.29) is 11.8 Å². The number of carbonyl (C=O) groups excluding carboxylic acids is 2. The van der Waals surface area contributed by atoms with Crippen LogP contribution in [-0.4, -0.2) is 76.3 Å². The minimum atomic E-state index is -0.1000. The molecule has 1 aliphatic rings. The molecule has 27 heavy (non-hydrogen) atoms. The van der Waals surface area contributed by atoms with Gasteiger partial charge in [0.25, 0.3) is 5.91 Å². The van der Waals surface area contributed by atoms with Crippen LogP contribution in [0.5, 0.6) is 0 Å². The molecule has 0 N–H and O–H groups in total. The van der Waals surface area contributed by atoms with Gasteiger partial charge in [0.2, 0.25) is 11.9 Å². The predicted molar refractivity (Wildman–Crippen MR) is 101 cm³/mol. The summed E-state index contributed by atoms with van der Waals surface area (Å²) in [5.41, 5.74) is 1.61. The summed E-state index contributed by atoms with van der Waals surface area (Å²) in [6, 6.07) is 3.89. The van der Waals surface area contributed by atoms with Gasteiger partial charge in [-0.1, -0.05) is 0 Å². The number of anilines is 1. The summed E-state index contributed by atoms with van der Waals surface area (Å²) in [4.78, 5) is 42.2. The lowest BCUT2D eigenvalue weighted by Crippen LogP contribution is -2.48. The van der Waals surface area contributed by atoms with Crippen LogP contribution in [-0.2, 0) is 11.2 Å². The second kappa shape index (κ2) is 8.57. The maximum atomic E-state index is 12.5. The van der Waals surface area contributed by atoms with E-state index in [4.69, 9.17) is 0 Å². The van der Waals surface area contributed by atoms with Crippen molar-refractivity contribution in [2.24, 2.45) is 0 Å². The van der Waals surface area contributed by atoms with Crippen molar-refractivity contribution in [1.29, 1.82) is 0 Å². The predicted octanol–water partition coefficient (Wildman–Crippen LogP) is 0.855. The highest BCUT2D eigenvalue weighted by molar-refractivity contribution is 5.93. The van der Waals surface area contributed by atoms with E-state index >= 15 is 0 Å². The number of hydrogen-bond donors (Lipinski definition) is 0. The van der Waals surface area contributed by atoms with Gasteiger partial charge in [-0.3, -0.25) is 14.6 Å². The molecule has 2 aromatic rings. The second-order valence-electron chi connectivity index (χ2n) is 6.60. The zero-order valence-corrected chi connectivity index (χ0v) is 15.7. The summed E-state index contributed by atoms with van der Waals surface area (Å²) >= 11 is 0. The van der Waals surface area contributed by atoms with Crippen LogP contribution in [0.3, 0.4) is 0 Å². The maximum absolute atomic E-state index is 12.5. The fraction of sp³-hybridized carbons (Fsp3) is 0.421. The van der Waals surface area contributed by atoms with E-state index in [1.54, 1.807) is 43.7 Å². The minimum Gasteiger partial charge on any atom is -0.341 e. The van der Waals surface area contributed by atoms with Crippen LogP contribution in [0.25, 0.3) is 0 Å². The van der Waals surface area contributed by atoms with Crippen molar-refractivity contribution in [3.63, 3.8) is 0 Å². The SMILES string of the molecule is CC(=O)N1CCN(c2ncc(C(=O)N(C)CCc3ccncc3)cn2)CC1. The first kappa shape index (κ1) is 18.8. The number of hydrogen-bond acceptors (Lipinski definition) is 6. The Kier molecular flexibility index (Phi) is 5.95. The zero-order chi connectivity index (χ0) is 19.2. The van der Waals surface area contributed by atoms with Gasteiger partial charge in [-0.05, 0) is 24.1 Å². The lowest BCUT2D eigenvalue weighted by atomic mass is 10.2. The molecular formula is C19H24N6O2. The largest absolute Gasteiger partial charge is 0.341 e. The Morgan fingerprint density at radius 1 is 1.07 bits per heavy atom. The van der Waals surface area contributed by atoms with Crippen LogP contribution in [0, 0.1) is 0 Å². The van der Waals surface area contributed by atoms with Gasteiger partial charge in [-0.2, -0.15) is 0 Å². The minimum absolute atomic E-state index is 0.0892. The molecule has 0 atom stereocenters. The van der Waals surface area contributed by atoms with E-state index in [0.717, 1.165) is 12.0 Å². The number of rotatable bonds is 5. The quantitative estimate of drug-likeness (QED) is 0.778. The Labute approximate surface area is 158 Å². The Morgan fingerprint density at radius 3 is 2.30 bits per heavy atom. The highest BCUT2D eigenvalue weighted by atomic mass is 16.2. The summed E-state index contributed by atoms with van der Waals surface area (Å²) in [6.07, 6.45) is 7.42. The standard InChI is InChI=1S/C19H24N6O2/c1-15(26)24-9-11-25(12-10-24)19-21-13-17(14-22-19)18(27)23(2)8-5-16-3-6-20-7-4-16/h3-4,6-7,13-14H,5,8-12H2,1-2H3. The summed E-state index contributed by atoms with van der Waals surface area (Å²) in [6.45, 7) is 4.90. The molecule has 2 amide bonds. The van der Waals surface area contributed by atoms with E-state index in [1.165, 1.54) is 0 Å². The Morgan fingerprint density at radius 2 is 1.70 bits per heavy atom. The first-order valence-corrected chi connectivity index (χ1v) is 9.01. The molecule has 0 radical (unpaired) electrons. The van der Waals surface area contributed by atoms with Gasteiger partial charge in [-0.15, -0.1) is 0 Å². The van der Waals surface area contributed by atoms with Crippen LogP contribution in [0.1, 0.15) is 22.8 Å². The Hall–Kier alpha value is -3.03. The fourth-order valence-corrected chi connectivity index (χ4v) is 2.98. The van der Waals surface area contributed by atoms with Gasteiger partial charge < -0.3 is 14.7 Å². The first-order valence-electron chi connectivity index (χ1n) is 9.01. The number of pyridine rings is 1. The number of amides is 2.